The van der Waals surface area contributed by atoms with Gasteiger partial charge in [-0.25, -0.2) is 17.7 Å². The van der Waals surface area contributed by atoms with Crippen molar-refractivity contribution in [3.8, 4) is 0 Å². The molecule has 0 radical (unpaired) electrons. The number of allylic oxidation sites excluding steroid dienone is 4. The highest BCUT2D eigenvalue weighted by Crippen LogP contribution is 2.28. The van der Waals surface area contributed by atoms with Crippen LogP contribution in [-0.2, 0) is 7.05 Å². The number of hydrogen-bond donors (Lipinski definition) is 0. The second-order valence-electron chi connectivity index (χ2n) is 5.39. The van der Waals surface area contributed by atoms with E-state index in [4.69, 9.17) is 12.2 Å². The quantitative estimate of drug-likeness (QED) is 0.740. The Kier molecular flexibility index (Phi) is 3.75. The first-order valence-electron chi connectivity index (χ1n) is 6.92. The number of rotatable bonds is 1. The Morgan fingerprint density at radius 2 is 1.96 bits per heavy atom. The lowest BCUT2D eigenvalue weighted by Crippen LogP contribution is -2.28. The maximum atomic E-state index is 14.1. The van der Waals surface area contributed by atoms with Crippen LogP contribution >= 0.6 is 12.2 Å². The minimum absolute atomic E-state index is 0.0103. The van der Waals surface area contributed by atoms with E-state index >= 15 is 0 Å². The van der Waals surface area contributed by atoms with Crippen LogP contribution in [0.5, 0.6) is 0 Å². The first-order chi connectivity index (χ1) is 10.8. The molecule has 0 spiro atoms. The average Bonchev–Trinajstić information content (AvgIpc) is 2.52. The van der Waals surface area contributed by atoms with Gasteiger partial charge in [0.2, 0.25) is 0 Å². The molecule has 120 valence electrons. The van der Waals surface area contributed by atoms with Crippen LogP contribution in [0.3, 0.4) is 0 Å². The molecule has 3 nitrogen and oxygen atoms in total. The smallest absolute Gasteiger partial charge is 0.266 e. The van der Waals surface area contributed by atoms with E-state index in [1.807, 2.05) is 13.0 Å². The summed E-state index contributed by atoms with van der Waals surface area (Å²) in [6, 6.07) is 5.11. The van der Waals surface area contributed by atoms with Gasteiger partial charge < -0.3 is 4.57 Å². The van der Waals surface area contributed by atoms with Crippen LogP contribution in [0.4, 0.5) is 13.2 Å². The number of fused-ring (bicyclic) bond motifs is 1. The number of hydrogen-bond acceptors (Lipinski definition) is 2. The Balaban J connectivity index is 2.44. The summed E-state index contributed by atoms with van der Waals surface area (Å²) in [5, 5.41) is 0.326. The van der Waals surface area contributed by atoms with Crippen molar-refractivity contribution in [3.63, 3.8) is 0 Å². The Labute approximate surface area is 135 Å². The minimum Gasteiger partial charge on any atom is -0.320 e. The van der Waals surface area contributed by atoms with Gasteiger partial charge in [0, 0.05) is 7.05 Å². The molecule has 0 fully saturated rings. The molecule has 0 saturated heterocycles. The van der Waals surface area contributed by atoms with Crippen LogP contribution < -0.4 is 5.56 Å². The molecule has 1 aromatic carbocycles. The van der Waals surface area contributed by atoms with E-state index in [9.17, 15) is 18.0 Å². The molecule has 2 aromatic rings. The second-order valence-corrected chi connectivity index (χ2v) is 5.76. The molecule has 0 amide bonds. The number of nitrogens with zero attached hydrogens (tertiary/aromatic N) is 2. The molecule has 1 aromatic heterocycles. The van der Waals surface area contributed by atoms with E-state index in [1.165, 1.54) is 0 Å². The van der Waals surface area contributed by atoms with E-state index in [2.05, 4.69) is 0 Å². The van der Waals surface area contributed by atoms with Crippen molar-refractivity contribution in [1.29, 1.82) is 0 Å². The standard InChI is InChI=1S/C16H13F3N2OS/c1-8-4-3-5-9-14(8)20(2)16(23)21(15(9)22)11-7-6-10(17)12(18)13(11)19/h3-7,10,12H,1-2H3. The van der Waals surface area contributed by atoms with E-state index in [0.29, 0.717) is 10.9 Å². The van der Waals surface area contributed by atoms with Gasteiger partial charge in [0.05, 0.1) is 16.6 Å². The highest BCUT2D eigenvalue weighted by atomic mass is 32.1. The van der Waals surface area contributed by atoms with Crippen LogP contribution in [0.1, 0.15) is 5.56 Å². The predicted molar refractivity (Wildman–Crippen MR) is 86.0 cm³/mol. The molecule has 3 rings (SSSR count). The van der Waals surface area contributed by atoms with E-state index in [0.717, 1.165) is 22.3 Å². The molecule has 0 aliphatic heterocycles. The van der Waals surface area contributed by atoms with Crippen molar-refractivity contribution < 1.29 is 13.2 Å². The minimum atomic E-state index is -2.44. The summed E-state index contributed by atoms with van der Waals surface area (Å²) in [5.74, 6) is -1.33. The Bertz CT molecular complexity index is 987. The first-order valence-corrected chi connectivity index (χ1v) is 7.33. The highest BCUT2D eigenvalue weighted by molar-refractivity contribution is 7.71. The predicted octanol–water partition coefficient (Wildman–Crippen LogP) is 3.76. The average molecular weight is 338 g/mol. The normalized spacial score (nSPS) is 21.3. The van der Waals surface area contributed by atoms with Gasteiger partial charge in [-0.1, -0.05) is 12.1 Å². The van der Waals surface area contributed by atoms with Crippen molar-refractivity contribution in [3.05, 3.63) is 56.9 Å². The maximum absolute atomic E-state index is 14.1. The summed E-state index contributed by atoms with van der Waals surface area (Å²) in [6.45, 7) is 1.83. The van der Waals surface area contributed by atoms with Crippen LogP contribution in [0.15, 0.2) is 41.0 Å². The number of halogens is 3. The highest BCUT2D eigenvalue weighted by Gasteiger charge is 2.30. The number of aryl methyl sites for hydroxylation is 2. The monoisotopic (exact) mass is 338 g/mol. The maximum Gasteiger partial charge on any atom is 0.266 e. The fourth-order valence-corrected chi connectivity index (χ4v) is 3.04. The van der Waals surface area contributed by atoms with Gasteiger partial charge in [0.25, 0.3) is 5.56 Å². The largest absolute Gasteiger partial charge is 0.320 e. The molecule has 2 atom stereocenters. The van der Waals surface area contributed by atoms with Crippen molar-refractivity contribution in [2.24, 2.45) is 7.05 Å². The summed E-state index contributed by atoms with van der Waals surface area (Å²) in [6.07, 6.45) is -2.58. The third-order valence-corrected chi connectivity index (χ3v) is 4.39. The molecule has 0 saturated carbocycles. The summed E-state index contributed by atoms with van der Waals surface area (Å²) in [5.41, 5.74) is 0.535. The SMILES string of the molecule is Cc1cccc2c(=O)n(C3=C(F)C(F)C(F)C=C3)c(=S)n(C)c12. The number of para-hydroxylation sites is 1. The molecule has 0 bridgehead atoms. The third kappa shape index (κ3) is 2.26. The molecule has 2 unspecified atom stereocenters. The zero-order chi connectivity index (χ0) is 16.9. The Morgan fingerprint density at radius 1 is 1.26 bits per heavy atom. The van der Waals surface area contributed by atoms with E-state index in [1.54, 1.807) is 23.7 Å². The van der Waals surface area contributed by atoms with Gasteiger partial charge in [-0.15, -0.1) is 0 Å². The zero-order valence-electron chi connectivity index (χ0n) is 12.4. The summed E-state index contributed by atoms with van der Waals surface area (Å²) >= 11 is 5.24. The summed E-state index contributed by atoms with van der Waals surface area (Å²) in [7, 11) is 1.64. The number of aromatic nitrogens is 2. The number of benzene rings is 1. The van der Waals surface area contributed by atoms with Crippen molar-refractivity contribution >= 4 is 28.8 Å². The van der Waals surface area contributed by atoms with Crippen LogP contribution in [0.2, 0.25) is 0 Å². The fourth-order valence-electron chi connectivity index (χ4n) is 2.76. The molecule has 1 aliphatic carbocycles. The van der Waals surface area contributed by atoms with E-state index < -0.39 is 23.7 Å². The van der Waals surface area contributed by atoms with Gasteiger partial charge in [-0.05, 0) is 42.9 Å². The molecule has 0 N–H and O–H groups in total. The van der Waals surface area contributed by atoms with Gasteiger partial charge in [0.1, 0.15) is 0 Å². The van der Waals surface area contributed by atoms with Crippen molar-refractivity contribution in [1.82, 2.24) is 9.13 Å². The van der Waals surface area contributed by atoms with Crippen LogP contribution in [0.25, 0.3) is 16.6 Å². The van der Waals surface area contributed by atoms with Gasteiger partial charge in [-0.3, -0.25) is 4.79 Å². The first kappa shape index (κ1) is 15.7. The summed E-state index contributed by atoms with van der Waals surface area (Å²) in [4.78, 5) is 12.7. The van der Waals surface area contributed by atoms with Gasteiger partial charge in [-0.2, -0.15) is 0 Å². The van der Waals surface area contributed by atoms with E-state index in [-0.39, 0.29) is 10.5 Å². The Morgan fingerprint density at radius 3 is 2.65 bits per heavy atom. The lowest BCUT2D eigenvalue weighted by molar-refractivity contribution is 0.207. The fraction of sp³-hybridized carbons (Fsp3) is 0.250. The lowest BCUT2D eigenvalue weighted by Gasteiger charge is -2.20. The molecule has 1 heterocycles. The lowest BCUT2D eigenvalue weighted by atomic mass is 10.1. The molecule has 23 heavy (non-hydrogen) atoms. The van der Waals surface area contributed by atoms with Crippen molar-refractivity contribution in [2.75, 3.05) is 0 Å². The van der Waals surface area contributed by atoms with Crippen LogP contribution in [0, 0.1) is 11.7 Å². The van der Waals surface area contributed by atoms with Gasteiger partial charge >= 0.3 is 0 Å². The second kappa shape index (κ2) is 5.49. The number of alkyl halides is 2. The third-order valence-electron chi connectivity index (χ3n) is 3.93. The van der Waals surface area contributed by atoms with Crippen molar-refractivity contribution in [2.45, 2.75) is 19.3 Å². The zero-order valence-corrected chi connectivity index (χ0v) is 13.2. The molecular formula is C16H13F3N2OS. The summed E-state index contributed by atoms with van der Waals surface area (Å²) < 4.78 is 43.5. The van der Waals surface area contributed by atoms with Gasteiger partial charge in [0.15, 0.2) is 22.9 Å². The van der Waals surface area contributed by atoms with Crippen LogP contribution in [-0.4, -0.2) is 21.5 Å². The Hall–Kier alpha value is -2.15. The topological polar surface area (TPSA) is 26.9 Å². The molecule has 1 aliphatic rings. The molecular weight excluding hydrogens is 325 g/mol. The molecule has 7 heteroatoms.